The fraction of sp³-hybridized carbons (Fsp3) is 0. The molecule has 174 valence electrons. The van der Waals surface area contributed by atoms with Crippen LogP contribution in [0.3, 0.4) is 0 Å². The number of rotatable bonds is 3. The lowest BCUT2D eigenvalue weighted by molar-refractivity contribution is 0.598. The van der Waals surface area contributed by atoms with Gasteiger partial charge in [0, 0.05) is 32.3 Å². The Labute approximate surface area is 223 Å². The highest BCUT2D eigenvalue weighted by Crippen LogP contribution is 2.49. The van der Waals surface area contributed by atoms with Gasteiger partial charge in [-0.3, -0.25) is 0 Å². The van der Waals surface area contributed by atoms with Crippen molar-refractivity contribution in [3.8, 4) is 33.4 Å². The van der Waals surface area contributed by atoms with Gasteiger partial charge in [-0.25, -0.2) is 17.6 Å². The maximum Gasteiger partial charge on any atom is 0.146 e. The normalized spacial score (nSPS) is 11.2. The maximum absolute atomic E-state index is 16.2. The van der Waals surface area contributed by atoms with Crippen molar-refractivity contribution in [2.75, 3.05) is 5.73 Å². The van der Waals surface area contributed by atoms with Crippen molar-refractivity contribution in [3.05, 3.63) is 95.8 Å². The summed E-state index contributed by atoms with van der Waals surface area (Å²) in [7, 11) is 0. The van der Waals surface area contributed by atoms with Gasteiger partial charge in [-0.2, -0.15) is 0 Å². The molecule has 0 atom stereocenters. The van der Waals surface area contributed by atoms with Crippen molar-refractivity contribution in [2.45, 2.75) is 0 Å². The van der Waals surface area contributed by atoms with Crippen LogP contribution in [0.1, 0.15) is 0 Å². The largest absolute Gasteiger partial charge is 0.397 e. The molecule has 4 aromatic carbocycles. The molecule has 0 aliphatic heterocycles. The number of halogens is 9. The van der Waals surface area contributed by atoms with Gasteiger partial charge < -0.3 is 5.73 Å². The van der Waals surface area contributed by atoms with Gasteiger partial charge in [-0.05, 0) is 57.9 Å². The topological polar surface area (TPSA) is 26.0 Å². The van der Waals surface area contributed by atoms with E-state index >= 15 is 13.2 Å². The highest BCUT2D eigenvalue weighted by Gasteiger charge is 2.29. The number of benzene rings is 4. The van der Waals surface area contributed by atoms with E-state index in [0.717, 1.165) is 18.2 Å². The minimum Gasteiger partial charge on any atom is -0.397 e. The summed E-state index contributed by atoms with van der Waals surface area (Å²) in [4.78, 5) is 0. The first-order chi connectivity index (χ1) is 16.0. The lowest BCUT2D eigenvalue weighted by atomic mass is 9.89. The van der Waals surface area contributed by atoms with Gasteiger partial charge in [-0.15, -0.1) is 0 Å². The van der Waals surface area contributed by atoms with Crippen molar-refractivity contribution >= 4 is 72.4 Å². The van der Waals surface area contributed by atoms with Crippen LogP contribution in [-0.4, -0.2) is 0 Å². The fourth-order valence-electron chi connectivity index (χ4n) is 3.52. The van der Waals surface area contributed by atoms with E-state index in [1.807, 2.05) is 0 Å². The number of hydrogen-bond acceptors (Lipinski definition) is 1. The third kappa shape index (κ3) is 4.44. The summed E-state index contributed by atoms with van der Waals surface area (Å²) in [6.45, 7) is 0. The summed E-state index contributed by atoms with van der Waals surface area (Å²) in [6.07, 6.45) is 0. The summed E-state index contributed by atoms with van der Waals surface area (Å²) in [6, 6.07) is 9.86. The lowest BCUT2D eigenvalue weighted by Crippen LogP contribution is -2.02. The van der Waals surface area contributed by atoms with Crippen LogP contribution in [0.2, 0.25) is 15.1 Å². The highest BCUT2D eigenvalue weighted by atomic mass is 79.9. The zero-order chi connectivity index (χ0) is 24.9. The fourth-order valence-corrected chi connectivity index (χ4v) is 5.06. The van der Waals surface area contributed by atoms with Crippen LogP contribution in [0, 0.1) is 23.3 Å². The summed E-state index contributed by atoms with van der Waals surface area (Å²) in [5.74, 6) is -3.49. The Morgan fingerprint density at radius 2 is 1.29 bits per heavy atom. The van der Waals surface area contributed by atoms with Crippen molar-refractivity contribution < 1.29 is 17.6 Å². The van der Waals surface area contributed by atoms with E-state index in [9.17, 15) is 4.39 Å². The van der Waals surface area contributed by atoms with Gasteiger partial charge in [0.25, 0.3) is 0 Å². The average molecular weight is 655 g/mol. The van der Waals surface area contributed by atoms with Crippen molar-refractivity contribution in [3.63, 3.8) is 0 Å². The van der Waals surface area contributed by atoms with E-state index in [4.69, 9.17) is 40.5 Å². The molecule has 0 radical (unpaired) electrons. The molecular formula is C24H10Br2Cl3F4N. The molecule has 0 aromatic heterocycles. The van der Waals surface area contributed by atoms with Gasteiger partial charge in [0.15, 0.2) is 0 Å². The minimum atomic E-state index is -0.990. The van der Waals surface area contributed by atoms with Crippen molar-refractivity contribution in [1.82, 2.24) is 0 Å². The molecule has 0 unspecified atom stereocenters. The summed E-state index contributed by atoms with van der Waals surface area (Å²) in [5, 5.41) is -0.270. The molecule has 0 spiro atoms. The monoisotopic (exact) mass is 651 g/mol. The average Bonchev–Trinajstić information content (AvgIpc) is 2.77. The van der Waals surface area contributed by atoms with E-state index in [1.165, 1.54) is 30.3 Å². The first-order valence-electron chi connectivity index (χ1n) is 9.37. The number of anilines is 1. The Balaban J connectivity index is 2.18. The van der Waals surface area contributed by atoms with Gasteiger partial charge in [-0.1, -0.05) is 62.9 Å². The third-order valence-electron chi connectivity index (χ3n) is 5.09. The molecule has 0 saturated carbocycles. The number of nitrogens with two attached hydrogens (primary N) is 1. The number of nitrogen functional groups attached to an aromatic ring is 1. The molecule has 0 fully saturated rings. The Kier molecular flexibility index (Phi) is 7.23. The standard InChI is InChI=1S/C24H10Br2Cl3F4N/c25-10-2-3-11(17(31)6-10)20-21(12-7-15(29)18(34)8-13(12)27)24(33)22(26)19(23(20)32)9-1-4-16(30)14(28)5-9/h1-8H,34H2. The minimum absolute atomic E-state index is 0.000950. The Bertz CT molecular complexity index is 1480. The molecule has 0 aliphatic rings. The van der Waals surface area contributed by atoms with E-state index in [1.54, 1.807) is 0 Å². The van der Waals surface area contributed by atoms with Crippen LogP contribution in [-0.2, 0) is 0 Å². The predicted molar refractivity (Wildman–Crippen MR) is 137 cm³/mol. The Morgan fingerprint density at radius 3 is 1.94 bits per heavy atom. The van der Waals surface area contributed by atoms with Crippen LogP contribution in [0.25, 0.3) is 33.4 Å². The third-order valence-corrected chi connectivity index (χ3v) is 7.25. The van der Waals surface area contributed by atoms with Crippen molar-refractivity contribution in [2.24, 2.45) is 0 Å². The lowest BCUT2D eigenvalue weighted by Gasteiger charge is -2.20. The Morgan fingerprint density at radius 1 is 0.618 bits per heavy atom. The second kappa shape index (κ2) is 9.70. The van der Waals surface area contributed by atoms with Crippen LogP contribution < -0.4 is 5.73 Å². The SMILES string of the molecule is Nc1cc(Cl)c(-c2c(F)c(Br)c(-c3ccc(F)c(Cl)c3)c(F)c2-c2ccc(Br)cc2F)cc1Cl. The van der Waals surface area contributed by atoms with E-state index in [2.05, 4.69) is 31.9 Å². The second-order valence-corrected chi connectivity index (χ2v) is 10.1. The number of hydrogen-bond donors (Lipinski definition) is 1. The van der Waals surface area contributed by atoms with Gasteiger partial charge in [0.2, 0.25) is 0 Å². The smallest absolute Gasteiger partial charge is 0.146 e. The molecule has 2 N–H and O–H groups in total. The Hall–Kier alpha value is -1.77. The van der Waals surface area contributed by atoms with Crippen LogP contribution >= 0.6 is 66.7 Å². The van der Waals surface area contributed by atoms with Gasteiger partial charge in [0.05, 0.1) is 25.2 Å². The van der Waals surface area contributed by atoms with Crippen LogP contribution in [0.4, 0.5) is 23.2 Å². The van der Waals surface area contributed by atoms with Crippen molar-refractivity contribution in [1.29, 1.82) is 0 Å². The molecule has 4 aromatic rings. The molecule has 4 rings (SSSR count). The quantitative estimate of drug-likeness (QED) is 0.133. The zero-order valence-corrected chi connectivity index (χ0v) is 22.0. The van der Waals surface area contributed by atoms with Crippen LogP contribution in [0.5, 0.6) is 0 Å². The molecule has 0 heterocycles. The molecule has 10 heteroatoms. The van der Waals surface area contributed by atoms with E-state index in [-0.39, 0.29) is 53.0 Å². The summed E-state index contributed by atoms with van der Waals surface area (Å²) >= 11 is 24.6. The first-order valence-corrected chi connectivity index (χ1v) is 12.1. The molecule has 34 heavy (non-hydrogen) atoms. The molecule has 0 saturated heterocycles. The molecule has 0 aliphatic carbocycles. The molecular weight excluding hydrogens is 644 g/mol. The molecule has 0 amide bonds. The van der Waals surface area contributed by atoms with Crippen LogP contribution in [0.15, 0.2) is 57.5 Å². The highest BCUT2D eigenvalue weighted by molar-refractivity contribution is 9.10. The predicted octanol–water partition coefficient (Wildman–Crippen LogP) is 10.3. The maximum atomic E-state index is 16.2. The second-order valence-electron chi connectivity index (χ2n) is 7.17. The van der Waals surface area contributed by atoms with E-state index < -0.39 is 28.8 Å². The zero-order valence-electron chi connectivity index (χ0n) is 16.6. The molecule has 1 nitrogen and oxygen atoms in total. The molecule has 0 bridgehead atoms. The summed E-state index contributed by atoms with van der Waals surface area (Å²) in [5.41, 5.74) is 4.71. The van der Waals surface area contributed by atoms with Gasteiger partial charge in [0.1, 0.15) is 23.3 Å². The van der Waals surface area contributed by atoms with Gasteiger partial charge >= 0.3 is 0 Å². The van der Waals surface area contributed by atoms with E-state index in [0.29, 0.717) is 4.47 Å². The summed E-state index contributed by atoms with van der Waals surface area (Å²) < 4.78 is 61.1. The first kappa shape index (κ1) is 25.3.